The molecule has 0 spiro atoms. The number of ketones is 1. The first-order valence-corrected chi connectivity index (χ1v) is 4.87. The fraction of sp³-hybridized carbons (Fsp3) is 0.444. The van der Waals surface area contributed by atoms with Crippen molar-refractivity contribution < 1.29 is 4.79 Å². The Morgan fingerprint density at radius 1 is 1.55 bits per heavy atom. The topological polar surface area (TPSA) is 17.1 Å². The second kappa shape index (κ2) is 2.78. The number of rotatable bonds is 1. The molecular weight excluding hydrogens is 156 g/mol. The Bertz CT molecular complexity index is 251. The minimum absolute atomic E-state index is 0.237. The summed E-state index contributed by atoms with van der Waals surface area (Å²) in [5, 5.41) is 4.13. The second-order valence-corrected chi connectivity index (χ2v) is 3.75. The molecule has 0 N–H and O–H groups in total. The molecule has 0 aromatic carbocycles. The van der Waals surface area contributed by atoms with E-state index in [4.69, 9.17) is 0 Å². The van der Waals surface area contributed by atoms with Gasteiger partial charge in [-0.25, -0.2) is 0 Å². The summed E-state index contributed by atoms with van der Waals surface area (Å²) < 4.78 is 0. The molecule has 1 atom stereocenters. The third-order valence-electron chi connectivity index (χ3n) is 2.25. The van der Waals surface area contributed by atoms with E-state index in [0.29, 0.717) is 5.78 Å². The zero-order valence-corrected chi connectivity index (χ0v) is 7.06. The molecule has 0 bridgehead atoms. The zero-order valence-electron chi connectivity index (χ0n) is 6.25. The minimum atomic E-state index is 0.237. The predicted octanol–water partition coefficient (Wildman–Crippen LogP) is 2.58. The van der Waals surface area contributed by atoms with E-state index >= 15 is 0 Å². The smallest absolute Gasteiger partial charge is 0.140 e. The van der Waals surface area contributed by atoms with Crippen LogP contribution in [0, 0.1) is 0 Å². The van der Waals surface area contributed by atoms with Gasteiger partial charge >= 0.3 is 0 Å². The van der Waals surface area contributed by atoms with E-state index in [1.807, 2.05) is 5.38 Å². The van der Waals surface area contributed by atoms with Gasteiger partial charge in [0.05, 0.1) is 0 Å². The van der Waals surface area contributed by atoms with Crippen molar-refractivity contribution in [2.75, 3.05) is 0 Å². The molecule has 1 saturated carbocycles. The van der Waals surface area contributed by atoms with Gasteiger partial charge < -0.3 is 0 Å². The van der Waals surface area contributed by atoms with Crippen LogP contribution in [0.1, 0.15) is 30.7 Å². The van der Waals surface area contributed by atoms with Gasteiger partial charge in [-0.05, 0) is 35.2 Å². The van der Waals surface area contributed by atoms with Crippen molar-refractivity contribution in [3.05, 3.63) is 22.4 Å². The normalized spacial score (nSPS) is 24.4. The van der Waals surface area contributed by atoms with Crippen molar-refractivity contribution in [2.45, 2.75) is 25.2 Å². The summed E-state index contributed by atoms with van der Waals surface area (Å²) >= 11 is 1.68. The third kappa shape index (κ3) is 1.23. The maximum atomic E-state index is 11.3. The molecule has 1 aliphatic rings. The predicted molar refractivity (Wildman–Crippen MR) is 45.9 cm³/mol. The van der Waals surface area contributed by atoms with Gasteiger partial charge in [0.1, 0.15) is 5.78 Å². The van der Waals surface area contributed by atoms with E-state index in [9.17, 15) is 4.79 Å². The van der Waals surface area contributed by atoms with Crippen molar-refractivity contribution in [3.63, 3.8) is 0 Å². The molecule has 1 unspecified atom stereocenters. The van der Waals surface area contributed by atoms with Crippen molar-refractivity contribution in [2.24, 2.45) is 0 Å². The van der Waals surface area contributed by atoms with Crippen LogP contribution < -0.4 is 0 Å². The van der Waals surface area contributed by atoms with Gasteiger partial charge in [0.2, 0.25) is 0 Å². The number of hydrogen-bond donors (Lipinski definition) is 0. The summed E-state index contributed by atoms with van der Waals surface area (Å²) in [6.07, 6.45) is 2.94. The lowest BCUT2D eigenvalue weighted by Gasteiger charge is -2.02. The van der Waals surface area contributed by atoms with Crippen LogP contribution in [-0.4, -0.2) is 5.78 Å². The summed E-state index contributed by atoms with van der Waals surface area (Å²) in [6.45, 7) is 0. The molecule has 2 heteroatoms. The van der Waals surface area contributed by atoms with Crippen LogP contribution in [0.3, 0.4) is 0 Å². The molecule has 58 valence electrons. The SMILES string of the molecule is O=C1CCCC1c1ccsc1. The number of Topliss-reactive ketones (excluding diaryl/α,β-unsaturated/α-hetero) is 1. The fourth-order valence-corrected chi connectivity index (χ4v) is 2.36. The van der Waals surface area contributed by atoms with Crippen molar-refractivity contribution >= 4 is 17.1 Å². The van der Waals surface area contributed by atoms with Crippen LogP contribution in [0.4, 0.5) is 0 Å². The fourth-order valence-electron chi connectivity index (χ4n) is 1.64. The lowest BCUT2D eigenvalue weighted by atomic mass is 10.0. The second-order valence-electron chi connectivity index (χ2n) is 2.97. The Morgan fingerprint density at radius 3 is 3.00 bits per heavy atom. The van der Waals surface area contributed by atoms with E-state index in [0.717, 1.165) is 19.3 Å². The van der Waals surface area contributed by atoms with Crippen molar-refractivity contribution in [3.8, 4) is 0 Å². The maximum Gasteiger partial charge on any atom is 0.140 e. The Labute approximate surface area is 70.1 Å². The highest BCUT2D eigenvalue weighted by Crippen LogP contribution is 2.31. The Morgan fingerprint density at radius 2 is 2.45 bits per heavy atom. The molecule has 1 aliphatic carbocycles. The molecule has 0 radical (unpaired) electrons. The van der Waals surface area contributed by atoms with Crippen molar-refractivity contribution in [1.82, 2.24) is 0 Å². The first kappa shape index (κ1) is 7.04. The van der Waals surface area contributed by atoms with Gasteiger partial charge in [0.15, 0.2) is 0 Å². The van der Waals surface area contributed by atoms with Gasteiger partial charge in [-0.2, -0.15) is 11.3 Å². The summed E-state index contributed by atoms with van der Waals surface area (Å²) in [6, 6.07) is 2.07. The number of thiophene rings is 1. The van der Waals surface area contributed by atoms with Gasteiger partial charge in [-0.1, -0.05) is 0 Å². The molecule has 1 nitrogen and oxygen atoms in total. The number of carbonyl (C=O) groups is 1. The molecule has 1 fully saturated rings. The Kier molecular flexibility index (Phi) is 1.78. The van der Waals surface area contributed by atoms with Crippen LogP contribution >= 0.6 is 11.3 Å². The van der Waals surface area contributed by atoms with Crippen LogP contribution in [0.5, 0.6) is 0 Å². The summed E-state index contributed by atoms with van der Waals surface area (Å²) in [5.41, 5.74) is 1.23. The lowest BCUT2D eigenvalue weighted by molar-refractivity contribution is -0.118. The van der Waals surface area contributed by atoms with Crippen LogP contribution in [0.2, 0.25) is 0 Å². The average molecular weight is 166 g/mol. The molecule has 1 heterocycles. The summed E-state index contributed by atoms with van der Waals surface area (Å²) in [7, 11) is 0. The highest BCUT2D eigenvalue weighted by atomic mass is 32.1. The maximum absolute atomic E-state index is 11.3. The van der Waals surface area contributed by atoms with Crippen LogP contribution in [-0.2, 0) is 4.79 Å². The third-order valence-corrected chi connectivity index (χ3v) is 2.95. The Hall–Kier alpha value is -0.630. The van der Waals surface area contributed by atoms with E-state index in [-0.39, 0.29) is 5.92 Å². The average Bonchev–Trinajstić information content (AvgIpc) is 2.55. The molecule has 1 aromatic rings. The summed E-state index contributed by atoms with van der Waals surface area (Å²) in [5.74, 6) is 0.671. The van der Waals surface area contributed by atoms with Gasteiger partial charge in [-0.3, -0.25) is 4.79 Å². The van der Waals surface area contributed by atoms with Gasteiger partial charge in [0.25, 0.3) is 0 Å². The minimum Gasteiger partial charge on any atom is -0.299 e. The molecule has 0 amide bonds. The van der Waals surface area contributed by atoms with E-state index in [2.05, 4.69) is 11.4 Å². The largest absolute Gasteiger partial charge is 0.299 e. The lowest BCUT2D eigenvalue weighted by Crippen LogP contribution is -2.01. The van der Waals surface area contributed by atoms with Crippen LogP contribution in [0.25, 0.3) is 0 Å². The van der Waals surface area contributed by atoms with Crippen molar-refractivity contribution in [1.29, 1.82) is 0 Å². The highest BCUT2D eigenvalue weighted by Gasteiger charge is 2.25. The molecule has 2 rings (SSSR count). The van der Waals surface area contributed by atoms with E-state index in [1.54, 1.807) is 11.3 Å². The zero-order chi connectivity index (χ0) is 7.68. The first-order valence-electron chi connectivity index (χ1n) is 3.93. The van der Waals surface area contributed by atoms with E-state index < -0.39 is 0 Å². The first-order chi connectivity index (χ1) is 5.38. The summed E-state index contributed by atoms with van der Waals surface area (Å²) in [4.78, 5) is 11.3. The molecule has 11 heavy (non-hydrogen) atoms. The van der Waals surface area contributed by atoms with Gasteiger partial charge in [-0.15, -0.1) is 0 Å². The monoisotopic (exact) mass is 166 g/mol. The Balaban J connectivity index is 2.23. The highest BCUT2D eigenvalue weighted by molar-refractivity contribution is 7.08. The molecule has 1 aromatic heterocycles. The van der Waals surface area contributed by atoms with Gasteiger partial charge in [0, 0.05) is 12.3 Å². The van der Waals surface area contributed by atoms with Crippen LogP contribution in [0.15, 0.2) is 16.8 Å². The molecular formula is C9H10OS. The molecule has 0 saturated heterocycles. The standard InChI is InChI=1S/C9H10OS/c10-9-3-1-2-8(9)7-4-5-11-6-7/h4-6,8H,1-3H2. The molecule has 0 aliphatic heterocycles. The number of carbonyl (C=O) groups excluding carboxylic acids is 1. The number of hydrogen-bond acceptors (Lipinski definition) is 2. The quantitative estimate of drug-likeness (QED) is 0.626. The van der Waals surface area contributed by atoms with E-state index in [1.165, 1.54) is 5.56 Å².